The Morgan fingerprint density at radius 3 is 2.16 bits per heavy atom. The number of para-hydroxylation sites is 1. The summed E-state index contributed by atoms with van der Waals surface area (Å²) < 4.78 is 2.02. The van der Waals surface area contributed by atoms with Gasteiger partial charge in [0, 0.05) is 55.9 Å². The molecule has 2 aromatic heterocycles. The molecule has 0 unspecified atom stereocenters. The van der Waals surface area contributed by atoms with Crippen molar-refractivity contribution >= 4 is 23.2 Å². The average molecular weight is 662 g/mol. The highest BCUT2D eigenvalue weighted by molar-refractivity contribution is 6.06. The maximum Gasteiger partial charge on any atom is 0.276 e. The summed E-state index contributed by atoms with van der Waals surface area (Å²) in [6, 6.07) is 36.5. The third-order valence-corrected chi connectivity index (χ3v) is 8.89. The van der Waals surface area contributed by atoms with E-state index < -0.39 is 0 Å². The molecule has 1 fully saturated rings. The number of piperazine rings is 1. The van der Waals surface area contributed by atoms with Crippen molar-refractivity contribution < 1.29 is 9.59 Å². The first kappa shape index (κ1) is 32.0. The van der Waals surface area contributed by atoms with E-state index in [1.807, 2.05) is 113 Å². The Balaban J connectivity index is 1.05. The molecule has 4 aromatic carbocycles. The number of benzene rings is 4. The van der Waals surface area contributed by atoms with Crippen LogP contribution in [0, 0.1) is 18.3 Å². The lowest BCUT2D eigenvalue weighted by Crippen LogP contribution is -2.49. The molecular formula is C39H35N9O2. The SMILES string of the molecule is Cc1nn(-c2ccccc2)nc1C(=O)N1CCN(c2ccc(N(Cc3cncn3Cc3ccc(C#N)cc3)C(=O)c3ccccc3)cc2)CC1. The zero-order valence-corrected chi connectivity index (χ0v) is 27.6. The Kier molecular flexibility index (Phi) is 9.16. The Hall–Kier alpha value is -6.54. The molecule has 0 radical (unpaired) electrons. The van der Waals surface area contributed by atoms with E-state index in [1.165, 1.54) is 4.80 Å². The number of rotatable bonds is 9. The molecule has 0 N–H and O–H groups in total. The number of nitriles is 1. The van der Waals surface area contributed by atoms with Crippen LogP contribution in [0.2, 0.25) is 0 Å². The molecule has 3 heterocycles. The number of hydrogen-bond donors (Lipinski definition) is 0. The number of aromatic nitrogens is 5. The molecule has 0 bridgehead atoms. The third kappa shape index (κ3) is 6.86. The quantitative estimate of drug-likeness (QED) is 0.201. The van der Waals surface area contributed by atoms with E-state index in [9.17, 15) is 9.59 Å². The number of nitrogens with zero attached hydrogens (tertiary/aromatic N) is 9. The molecule has 11 nitrogen and oxygen atoms in total. The molecule has 6 aromatic rings. The first-order valence-electron chi connectivity index (χ1n) is 16.5. The Labute approximate surface area is 290 Å². The monoisotopic (exact) mass is 661 g/mol. The molecular weight excluding hydrogens is 626 g/mol. The van der Waals surface area contributed by atoms with Crippen molar-refractivity contribution in [3.05, 3.63) is 155 Å². The number of aryl methyl sites for hydroxylation is 1. The minimum atomic E-state index is -0.117. The van der Waals surface area contributed by atoms with Crippen molar-refractivity contribution in [1.29, 1.82) is 5.26 Å². The lowest BCUT2D eigenvalue weighted by molar-refractivity contribution is 0.0739. The summed E-state index contributed by atoms with van der Waals surface area (Å²) in [7, 11) is 0. The Morgan fingerprint density at radius 1 is 0.800 bits per heavy atom. The normalized spacial score (nSPS) is 12.8. The number of amides is 2. The number of imidazole rings is 1. The van der Waals surface area contributed by atoms with Gasteiger partial charge in [-0.25, -0.2) is 4.98 Å². The second-order valence-corrected chi connectivity index (χ2v) is 12.1. The summed E-state index contributed by atoms with van der Waals surface area (Å²) in [6.45, 7) is 5.13. The maximum absolute atomic E-state index is 13.9. The van der Waals surface area contributed by atoms with Crippen molar-refractivity contribution in [2.75, 3.05) is 36.0 Å². The van der Waals surface area contributed by atoms with Crippen molar-refractivity contribution in [3.8, 4) is 11.8 Å². The van der Waals surface area contributed by atoms with Crippen LogP contribution in [0.5, 0.6) is 0 Å². The topological polar surface area (TPSA) is 116 Å². The summed E-state index contributed by atoms with van der Waals surface area (Å²) >= 11 is 0. The van der Waals surface area contributed by atoms with E-state index >= 15 is 0 Å². The summed E-state index contributed by atoms with van der Waals surface area (Å²) in [5.74, 6) is -0.232. The molecule has 0 atom stereocenters. The van der Waals surface area contributed by atoms with E-state index in [0.29, 0.717) is 61.8 Å². The van der Waals surface area contributed by atoms with E-state index in [1.54, 1.807) is 29.6 Å². The van der Waals surface area contributed by atoms with Crippen LogP contribution in [0.3, 0.4) is 0 Å². The molecule has 50 heavy (non-hydrogen) atoms. The van der Waals surface area contributed by atoms with Gasteiger partial charge in [-0.15, -0.1) is 5.10 Å². The minimum absolute atomic E-state index is 0.115. The van der Waals surface area contributed by atoms with Gasteiger partial charge < -0.3 is 19.3 Å². The summed E-state index contributed by atoms with van der Waals surface area (Å²) in [4.78, 5) is 39.1. The van der Waals surface area contributed by atoms with Gasteiger partial charge in [-0.3, -0.25) is 9.59 Å². The standard InChI is InChI=1S/C39H35N9O2/c1-29-37(43-48(42-29)35-10-6-3-7-11-35)39(50)45-22-20-44(21-23-45)33-16-18-34(19-17-33)47(38(49)32-8-4-2-5-9-32)27-36-25-41-28-46(36)26-31-14-12-30(24-40)13-15-31/h2-19,25,28H,20-23,26-27H2,1H3. The number of hydrogen-bond acceptors (Lipinski definition) is 7. The van der Waals surface area contributed by atoms with Crippen LogP contribution < -0.4 is 9.80 Å². The largest absolute Gasteiger partial charge is 0.368 e. The van der Waals surface area contributed by atoms with Gasteiger partial charge in [0.1, 0.15) is 0 Å². The second kappa shape index (κ2) is 14.3. The van der Waals surface area contributed by atoms with E-state index in [2.05, 4.69) is 26.2 Å². The maximum atomic E-state index is 13.9. The first-order valence-corrected chi connectivity index (χ1v) is 16.5. The van der Waals surface area contributed by atoms with Gasteiger partial charge in [0.05, 0.1) is 41.6 Å². The van der Waals surface area contributed by atoms with Crippen molar-refractivity contribution in [3.63, 3.8) is 0 Å². The van der Waals surface area contributed by atoms with Crippen molar-refractivity contribution in [2.24, 2.45) is 0 Å². The molecule has 0 aliphatic carbocycles. The Morgan fingerprint density at radius 2 is 1.48 bits per heavy atom. The van der Waals surface area contributed by atoms with Crippen molar-refractivity contribution in [2.45, 2.75) is 20.0 Å². The van der Waals surface area contributed by atoms with Gasteiger partial charge in [0.2, 0.25) is 0 Å². The molecule has 2 amide bonds. The van der Waals surface area contributed by atoms with Crippen LogP contribution in [0.4, 0.5) is 11.4 Å². The third-order valence-electron chi connectivity index (χ3n) is 8.89. The van der Waals surface area contributed by atoms with Gasteiger partial charge >= 0.3 is 0 Å². The molecule has 1 aliphatic rings. The zero-order chi connectivity index (χ0) is 34.5. The average Bonchev–Trinajstić information content (AvgIpc) is 3.80. The molecule has 0 spiro atoms. The molecule has 7 rings (SSSR count). The highest BCUT2D eigenvalue weighted by Crippen LogP contribution is 2.26. The van der Waals surface area contributed by atoms with E-state index in [4.69, 9.17) is 5.26 Å². The molecule has 11 heteroatoms. The fourth-order valence-corrected chi connectivity index (χ4v) is 6.10. The van der Waals surface area contributed by atoms with Gasteiger partial charge in [-0.1, -0.05) is 48.5 Å². The summed E-state index contributed by atoms with van der Waals surface area (Å²) in [5.41, 5.74) is 6.67. The number of carbonyl (C=O) groups excluding carboxylic acids is 2. The van der Waals surface area contributed by atoms with E-state index in [0.717, 1.165) is 28.3 Å². The van der Waals surface area contributed by atoms with Crippen molar-refractivity contribution in [1.82, 2.24) is 29.4 Å². The van der Waals surface area contributed by atoms with Crippen LogP contribution in [-0.2, 0) is 13.1 Å². The highest BCUT2D eigenvalue weighted by atomic mass is 16.2. The van der Waals surface area contributed by atoms with Crippen LogP contribution in [-0.4, -0.2) is 67.4 Å². The summed E-state index contributed by atoms with van der Waals surface area (Å²) in [6.07, 6.45) is 3.55. The van der Waals surface area contributed by atoms with Gasteiger partial charge in [0.25, 0.3) is 11.8 Å². The fourth-order valence-electron chi connectivity index (χ4n) is 6.10. The molecule has 1 aliphatic heterocycles. The predicted molar refractivity (Wildman–Crippen MR) is 190 cm³/mol. The second-order valence-electron chi connectivity index (χ2n) is 12.1. The highest BCUT2D eigenvalue weighted by Gasteiger charge is 2.27. The minimum Gasteiger partial charge on any atom is -0.368 e. The van der Waals surface area contributed by atoms with Gasteiger partial charge in [0.15, 0.2) is 5.69 Å². The number of carbonyl (C=O) groups is 2. The van der Waals surface area contributed by atoms with Crippen LogP contribution >= 0.6 is 0 Å². The molecule has 248 valence electrons. The Bertz CT molecular complexity index is 2130. The van der Waals surface area contributed by atoms with Crippen LogP contribution in [0.1, 0.15) is 43.4 Å². The van der Waals surface area contributed by atoms with Gasteiger partial charge in [-0.05, 0) is 73.2 Å². The van der Waals surface area contributed by atoms with E-state index in [-0.39, 0.29) is 11.8 Å². The molecule has 0 saturated carbocycles. The summed E-state index contributed by atoms with van der Waals surface area (Å²) in [5, 5.41) is 18.1. The predicted octanol–water partition coefficient (Wildman–Crippen LogP) is 5.50. The zero-order valence-electron chi connectivity index (χ0n) is 27.6. The lowest BCUT2D eigenvalue weighted by atomic mass is 10.1. The lowest BCUT2D eigenvalue weighted by Gasteiger charge is -2.36. The molecule has 1 saturated heterocycles. The first-order chi connectivity index (χ1) is 24.5. The van der Waals surface area contributed by atoms with Gasteiger partial charge in [-0.2, -0.15) is 15.2 Å². The number of anilines is 2. The van der Waals surface area contributed by atoms with Crippen LogP contribution in [0.25, 0.3) is 5.69 Å². The fraction of sp³-hybridized carbons (Fsp3) is 0.179. The van der Waals surface area contributed by atoms with Crippen LogP contribution in [0.15, 0.2) is 122 Å². The smallest absolute Gasteiger partial charge is 0.276 e.